The van der Waals surface area contributed by atoms with Crippen LogP contribution < -0.4 is 5.32 Å². The molecule has 2 unspecified atom stereocenters. The van der Waals surface area contributed by atoms with E-state index in [9.17, 15) is 9.59 Å². The van der Waals surface area contributed by atoms with Crippen molar-refractivity contribution in [2.24, 2.45) is 0 Å². The number of thioether (sulfide) groups is 1. The summed E-state index contributed by atoms with van der Waals surface area (Å²) in [4.78, 5) is 27.9. The van der Waals surface area contributed by atoms with E-state index in [0.29, 0.717) is 27.2 Å². The standard InChI is InChI=1S/C24H29Cl3N2O2S/c1-4-16(3)28-24(31)22(5-2)29(13-17-9-6-7-10-19(17)25)23(30)15-32-14-18-20(26)11-8-12-21(18)27/h6-12,16,22H,4-5,13-15H2,1-3H3,(H,28,31). The monoisotopic (exact) mass is 514 g/mol. The van der Waals surface area contributed by atoms with Gasteiger partial charge in [-0.2, -0.15) is 0 Å². The van der Waals surface area contributed by atoms with Crippen LogP contribution in [0.25, 0.3) is 0 Å². The molecule has 174 valence electrons. The first kappa shape index (κ1) is 26.8. The molecular formula is C24H29Cl3N2O2S. The van der Waals surface area contributed by atoms with Gasteiger partial charge in [0.15, 0.2) is 0 Å². The van der Waals surface area contributed by atoms with Crippen LogP contribution in [0, 0.1) is 0 Å². The Balaban J connectivity index is 2.19. The number of hydrogen-bond donors (Lipinski definition) is 1. The highest BCUT2D eigenvalue weighted by Crippen LogP contribution is 2.29. The SMILES string of the molecule is CCC(C)NC(=O)C(CC)N(Cc1ccccc1Cl)C(=O)CSCc1c(Cl)cccc1Cl. The zero-order valence-electron chi connectivity index (χ0n) is 18.5. The third kappa shape index (κ3) is 7.58. The number of rotatable bonds is 11. The zero-order valence-corrected chi connectivity index (χ0v) is 21.6. The Kier molecular flexibility index (Phi) is 11.2. The van der Waals surface area contributed by atoms with Crippen molar-refractivity contribution in [3.05, 3.63) is 68.7 Å². The molecule has 4 nitrogen and oxygen atoms in total. The Morgan fingerprint density at radius 2 is 1.59 bits per heavy atom. The summed E-state index contributed by atoms with van der Waals surface area (Å²) in [7, 11) is 0. The van der Waals surface area contributed by atoms with E-state index in [1.807, 2.05) is 39.0 Å². The minimum absolute atomic E-state index is 0.0329. The molecule has 2 atom stereocenters. The van der Waals surface area contributed by atoms with Gasteiger partial charge in [0.1, 0.15) is 6.04 Å². The highest BCUT2D eigenvalue weighted by Gasteiger charge is 2.29. The van der Waals surface area contributed by atoms with Crippen molar-refractivity contribution >= 4 is 58.4 Å². The van der Waals surface area contributed by atoms with Gasteiger partial charge in [-0.25, -0.2) is 0 Å². The van der Waals surface area contributed by atoms with Crippen molar-refractivity contribution < 1.29 is 9.59 Å². The van der Waals surface area contributed by atoms with Gasteiger partial charge in [0.25, 0.3) is 0 Å². The first-order chi connectivity index (χ1) is 15.3. The average molecular weight is 516 g/mol. The van der Waals surface area contributed by atoms with E-state index >= 15 is 0 Å². The molecule has 0 aliphatic heterocycles. The van der Waals surface area contributed by atoms with Crippen LogP contribution in [0.3, 0.4) is 0 Å². The molecule has 1 N–H and O–H groups in total. The van der Waals surface area contributed by atoms with Gasteiger partial charge in [-0.3, -0.25) is 9.59 Å². The second kappa shape index (κ2) is 13.3. The molecule has 2 aromatic carbocycles. The van der Waals surface area contributed by atoms with Crippen molar-refractivity contribution in [1.82, 2.24) is 10.2 Å². The summed E-state index contributed by atoms with van der Waals surface area (Å²) in [5.41, 5.74) is 1.60. The molecule has 2 rings (SSSR count). The molecule has 0 aliphatic carbocycles. The molecule has 0 saturated heterocycles. The Labute approximate surface area is 210 Å². The third-order valence-corrected chi connectivity index (χ3v) is 7.24. The number of halogens is 3. The van der Waals surface area contributed by atoms with E-state index in [2.05, 4.69) is 5.32 Å². The predicted molar refractivity (Wildman–Crippen MR) is 137 cm³/mol. The zero-order chi connectivity index (χ0) is 23.7. The second-order valence-electron chi connectivity index (χ2n) is 7.55. The molecule has 8 heteroatoms. The Hall–Kier alpha value is -1.40. The Bertz CT molecular complexity index is 906. The number of nitrogens with one attached hydrogen (secondary N) is 1. The second-order valence-corrected chi connectivity index (χ2v) is 9.76. The van der Waals surface area contributed by atoms with Crippen LogP contribution in [0.1, 0.15) is 44.7 Å². The van der Waals surface area contributed by atoms with Crippen molar-refractivity contribution in [1.29, 1.82) is 0 Å². The van der Waals surface area contributed by atoms with E-state index in [0.717, 1.165) is 17.5 Å². The molecule has 2 aromatic rings. The van der Waals surface area contributed by atoms with Gasteiger partial charge in [-0.05, 0) is 49.1 Å². The van der Waals surface area contributed by atoms with E-state index in [-0.39, 0.29) is 30.2 Å². The summed E-state index contributed by atoms with van der Waals surface area (Å²) >= 11 is 20.3. The van der Waals surface area contributed by atoms with Crippen LogP contribution in [0.15, 0.2) is 42.5 Å². The van der Waals surface area contributed by atoms with Gasteiger partial charge >= 0.3 is 0 Å². The van der Waals surface area contributed by atoms with E-state index in [1.54, 1.807) is 29.2 Å². The summed E-state index contributed by atoms with van der Waals surface area (Å²) in [5, 5.41) is 4.72. The van der Waals surface area contributed by atoms with Gasteiger partial charge in [0.05, 0.1) is 5.75 Å². The first-order valence-electron chi connectivity index (χ1n) is 10.6. The first-order valence-corrected chi connectivity index (χ1v) is 12.9. The van der Waals surface area contributed by atoms with E-state index in [1.165, 1.54) is 11.8 Å². The summed E-state index contributed by atoms with van der Waals surface area (Å²) in [6.45, 7) is 6.13. The fraction of sp³-hybridized carbons (Fsp3) is 0.417. The summed E-state index contributed by atoms with van der Waals surface area (Å²) in [5.74, 6) is 0.407. The van der Waals surface area contributed by atoms with Crippen LogP contribution in [-0.2, 0) is 21.9 Å². The topological polar surface area (TPSA) is 49.4 Å². The Morgan fingerprint density at radius 1 is 0.969 bits per heavy atom. The fourth-order valence-corrected chi connectivity index (χ4v) is 5.01. The highest BCUT2D eigenvalue weighted by atomic mass is 35.5. The van der Waals surface area contributed by atoms with Gasteiger partial charge in [-0.1, -0.05) is 72.9 Å². The number of nitrogens with zero attached hydrogens (tertiary/aromatic N) is 1. The number of carbonyl (C=O) groups is 2. The normalized spacial score (nSPS) is 12.8. The summed E-state index contributed by atoms with van der Waals surface area (Å²) in [6.07, 6.45) is 1.31. The predicted octanol–water partition coefficient (Wildman–Crippen LogP) is 6.60. The lowest BCUT2D eigenvalue weighted by atomic mass is 10.1. The fourth-order valence-electron chi connectivity index (χ4n) is 3.16. The molecule has 0 aliphatic rings. The maximum absolute atomic E-state index is 13.3. The number of carbonyl (C=O) groups excluding carboxylic acids is 2. The minimum atomic E-state index is -0.586. The lowest BCUT2D eigenvalue weighted by Gasteiger charge is -2.31. The maximum Gasteiger partial charge on any atom is 0.243 e. The molecule has 0 saturated carbocycles. The smallest absolute Gasteiger partial charge is 0.243 e. The lowest BCUT2D eigenvalue weighted by Crippen LogP contribution is -2.51. The van der Waals surface area contributed by atoms with Crippen molar-refractivity contribution in [3.63, 3.8) is 0 Å². The Morgan fingerprint density at radius 3 is 2.19 bits per heavy atom. The van der Waals surface area contributed by atoms with Gasteiger partial charge in [0.2, 0.25) is 11.8 Å². The molecule has 0 spiro atoms. The summed E-state index contributed by atoms with van der Waals surface area (Å²) in [6, 6.07) is 12.2. The molecule has 0 fully saturated rings. The molecule has 0 heterocycles. The number of benzene rings is 2. The van der Waals surface area contributed by atoms with Crippen LogP contribution >= 0.6 is 46.6 Å². The summed E-state index contributed by atoms with van der Waals surface area (Å²) < 4.78 is 0. The van der Waals surface area contributed by atoms with Crippen LogP contribution in [-0.4, -0.2) is 34.6 Å². The molecular weight excluding hydrogens is 487 g/mol. The lowest BCUT2D eigenvalue weighted by molar-refractivity contribution is -0.139. The molecule has 0 aromatic heterocycles. The van der Waals surface area contributed by atoms with Crippen LogP contribution in [0.4, 0.5) is 0 Å². The number of amides is 2. The van der Waals surface area contributed by atoms with Crippen molar-refractivity contribution in [2.75, 3.05) is 5.75 Å². The molecule has 0 radical (unpaired) electrons. The quantitative estimate of drug-likeness (QED) is 0.367. The minimum Gasteiger partial charge on any atom is -0.352 e. The molecule has 2 amide bonds. The van der Waals surface area contributed by atoms with E-state index < -0.39 is 6.04 Å². The van der Waals surface area contributed by atoms with Gasteiger partial charge in [0, 0.05) is 33.4 Å². The van der Waals surface area contributed by atoms with Crippen LogP contribution in [0.5, 0.6) is 0 Å². The number of hydrogen-bond acceptors (Lipinski definition) is 3. The maximum atomic E-state index is 13.3. The third-order valence-electron chi connectivity index (χ3n) is 5.22. The largest absolute Gasteiger partial charge is 0.352 e. The highest BCUT2D eigenvalue weighted by molar-refractivity contribution is 7.99. The molecule has 0 bridgehead atoms. The van der Waals surface area contributed by atoms with E-state index in [4.69, 9.17) is 34.8 Å². The van der Waals surface area contributed by atoms with Crippen LogP contribution in [0.2, 0.25) is 15.1 Å². The van der Waals surface area contributed by atoms with Gasteiger partial charge < -0.3 is 10.2 Å². The van der Waals surface area contributed by atoms with Gasteiger partial charge in [-0.15, -0.1) is 11.8 Å². The van der Waals surface area contributed by atoms with Crippen molar-refractivity contribution in [2.45, 2.75) is 58.0 Å². The average Bonchev–Trinajstić information content (AvgIpc) is 2.76. The van der Waals surface area contributed by atoms with Crippen molar-refractivity contribution in [3.8, 4) is 0 Å². The molecule has 32 heavy (non-hydrogen) atoms.